The lowest BCUT2D eigenvalue weighted by Gasteiger charge is -2.13. The number of aryl methyl sites for hydroxylation is 2. The Morgan fingerprint density at radius 2 is 1.71 bits per heavy atom. The van der Waals surface area contributed by atoms with Gasteiger partial charge in [-0.05, 0) is 54.8 Å². The zero-order valence-electron chi connectivity index (χ0n) is 17.0. The van der Waals surface area contributed by atoms with Crippen LogP contribution in [0.2, 0.25) is 0 Å². The molecule has 9 heteroatoms. The summed E-state index contributed by atoms with van der Waals surface area (Å²) < 4.78 is 27.4. The van der Waals surface area contributed by atoms with Gasteiger partial charge < -0.3 is 5.32 Å². The Bertz CT molecular complexity index is 1240. The molecule has 0 bridgehead atoms. The Morgan fingerprint density at radius 3 is 2.35 bits per heavy atom. The molecular weight excluding hydrogens is 418 g/mol. The molecule has 0 spiro atoms. The molecule has 0 aliphatic carbocycles. The fourth-order valence-corrected chi connectivity index (χ4v) is 4.15. The van der Waals surface area contributed by atoms with Crippen LogP contribution in [0.4, 0.5) is 17.1 Å². The first-order valence-electron chi connectivity index (χ1n) is 9.48. The number of nitro groups is 1. The van der Waals surface area contributed by atoms with Gasteiger partial charge in [-0.2, -0.15) is 0 Å². The third kappa shape index (κ3) is 5.07. The first-order chi connectivity index (χ1) is 14.7. The van der Waals surface area contributed by atoms with Gasteiger partial charge in [-0.15, -0.1) is 0 Å². The Hall–Kier alpha value is -3.72. The maximum Gasteiger partial charge on any atom is 0.270 e. The number of rotatable bonds is 7. The van der Waals surface area contributed by atoms with Crippen LogP contribution in [0.5, 0.6) is 0 Å². The molecule has 0 aromatic heterocycles. The molecule has 0 radical (unpaired) electrons. The molecule has 0 heterocycles. The highest BCUT2D eigenvalue weighted by molar-refractivity contribution is 7.92. The number of anilines is 2. The van der Waals surface area contributed by atoms with Crippen LogP contribution in [0.1, 0.15) is 28.4 Å². The van der Waals surface area contributed by atoms with E-state index in [1.165, 1.54) is 42.5 Å². The van der Waals surface area contributed by atoms with Gasteiger partial charge in [-0.25, -0.2) is 8.42 Å². The van der Waals surface area contributed by atoms with Crippen LogP contribution in [-0.4, -0.2) is 19.2 Å². The van der Waals surface area contributed by atoms with Crippen molar-refractivity contribution < 1.29 is 18.1 Å². The van der Waals surface area contributed by atoms with Crippen LogP contribution < -0.4 is 10.0 Å². The molecule has 3 aromatic carbocycles. The van der Waals surface area contributed by atoms with Crippen molar-refractivity contribution in [3.05, 3.63) is 93.5 Å². The van der Waals surface area contributed by atoms with Gasteiger partial charge >= 0.3 is 0 Å². The predicted molar refractivity (Wildman–Crippen MR) is 119 cm³/mol. The molecule has 31 heavy (non-hydrogen) atoms. The van der Waals surface area contributed by atoms with Crippen molar-refractivity contribution in [2.75, 3.05) is 10.0 Å². The Labute approximate surface area is 180 Å². The van der Waals surface area contributed by atoms with Gasteiger partial charge in [-0.3, -0.25) is 19.6 Å². The van der Waals surface area contributed by atoms with Gasteiger partial charge in [0.1, 0.15) is 0 Å². The largest absolute Gasteiger partial charge is 0.321 e. The van der Waals surface area contributed by atoms with Crippen molar-refractivity contribution in [2.45, 2.75) is 25.2 Å². The zero-order valence-corrected chi connectivity index (χ0v) is 17.8. The SMILES string of the molecule is CCc1cccc(C)c1NC(=O)c1ccc(NS(=O)(=O)c2cccc([N+](=O)[O-])c2)cc1. The van der Waals surface area contributed by atoms with Crippen molar-refractivity contribution >= 4 is 33.0 Å². The summed E-state index contributed by atoms with van der Waals surface area (Å²) in [7, 11) is -4.02. The minimum absolute atomic E-state index is 0.227. The molecule has 160 valence electrons. The number of carbonyl (C=O) groups is 1. The third-order valence-corrected chi connectivity index (χ3v) is 6.10. The molecule has 0 saturated heterocycles. The number of hydrogen-bond donors (Lipinski definition) is 2. The molecule has 0 saturated carbocycles. The van der Waals surface area contributed by atoms with E-state index in [2.05, 4.69) is 10.0 Å². The van der Waals surface area contributed by atoms with Crippen molar-refractivity contribution in [3.63, 3.8) is 0 Å². The summed E-state index contributed by atoms with van der Waals surface area (Å²) in [5.74, 6) is -0.308. The highest BCUT2D eigenvalue weighted by Gasteiger charge is 2.18. The molecule has 3 rings (SSSR count). The number of non-ortho nitro benzene ring substituents is 1. The highest BCUT2D eigenvalue weighted by atomic mass is 32.2. The van der Waals surface area contributed by atoms with E-state index in [9.17, 15) is 23.3 Å². The first kappa shape index (κ1) is 22.0. The number of benzene rings is 3. The number of nitro benzene ring substituents is 1. The van der Waals surface area contributed by atoms with Crippen molar-refractivity contribution in [1.29, 1.82) is 0 Å². The van der Waals surface area contributed by atoms with E-state index in [-0.39, 0.29) is 22.2 Å². The summed E-state index contributed by atoms with van der Waals surface area (Å²) in [6.07, 6.45) is 0.773. The Kier molecular flexibility index (Phi) is 6.36. The number of carbonyl (C=O) groups excluding carboxylic acids is 1. The maximum absolute atomic E-state index is 12.6. The second-order valence-electron chi connectivity index (χ2n) is 6.85. The van der Waals surface area contributed by atoms with E-state index in [1.54, 1.807) is 0 Å². The topological polar surface area (TPSA) is 118 Å². The number of sulfonamides is 1. The van der Waals surface area contributed by atoms with Crippen LogP contribution in [0.3, 0.4) is 0 Å². The fourth-order valence-electron chi connectivity index (χ4n) is 3.06. The van der Waals surface area contributed by atoms with Crippen LogP contribution >= 0.6 is 0 Å². The van der Waals surface area contributed by atoms with Gasteiger partial charge in [0.15, 0.2) is 0 Å². The second-order valence-corrected chi connectivity index (χ2v) is 8.54. The summed E-state index contributed by atoms with van der Waals surface area (Å²) in [6, 6.07) is 16.5. The van der Waals surface area contributed by atoms with Gasteiger partial charge in [0.05, 0.1) is 9.82 Å². The molecule has 0 unspecified atom stereocenters. The monoisotopic (exact) mass is 439 g/mol. The van der Waals surface area contributed by atoms with Gasteiger partial charge in [0.2, 0.25) is 0 Å². The van der Waals surface area contributed by atoms with Crippen molar-refractivity contribution in [1.82, 2.24) is 0 Å². The molecule has 0 aliphatic heterocycles. The summed E-state index contributed by atoms with van der Waals surface area (Å²) in [6.45, 7) is 3.92. The van der Waals surface area contributed by atoms with E-state index < -0.39 is 14.9 Å². The smallest absolute Gasteiger partial charge is 0.270 e. The molecule has 3 aromatic rings. The molecule has 0 aliphatic rings. The van der Waals surface area contributed by atoms with Gasteiger partial charge in [0, 0.05) is 29.1 Å². The maximum atomic E-state index is 12.6. The predicted octanol–water partition coefficient (Wildman–Crippen LogP) is 4.52. The summed E-state index contributed by atoms with van der Waals surface area (Å²) >= 11 is 0. The zero-order chi connectivity index (χ0) is 22.6. The van der Waals surface area contributed by atoms with Crippen LogP contribution in [-0.2, 0) is 16.4 Å². The van der Waals surface area contributed by atoms with E-state index in [0.717, 1.165) is 29.3 Å². The first-order valence-corrected chi connectivity index (χ1v) is 11.0. The minimum atomic E-state index is -4.02. The normalized spacial score (nSPS) is 11.0. The Balaban J connectivity index is 1.77. The van der Waals surface area contributed by atoms with E-state index in [4.69, 9.17) is 0 Å². The molecule has 1 amide bonds. The summed E-state index contributed by atoms with van der Waals surface area (Å²) in [5.41, 5.74) is 3.02. The second kappa shape index (κ2) is 8.97. The molecule has 2 N–H and O–H groups in total. The molecule has 8 nitrogen and oxygen atoms in total. The standard InChI is InChI=1S/C22H21N3O5S/c1-3-16-7-4-6-15(2)21(16)23-22(26)17-10-12-18(13-11-17)24-31(29,30)20-9-5-8-19(14-20)25(27)28/h4-14,24H,3H2,1-2H3,(H,23,26). The van der Waals surface area contributed by atoms with Crippen LogP contribution in [0, 0.1) is 17.0 Å². The van der Waals surface area contributed by atoms with Gasteiger partial charge in [-0.1, -0.05) is 31.2 Å². The molecular formula is C22H21N3O5S. The van der Waals surface area contributed by atoms with Crippen LogP contribution in [0.15, 0.2) is 71.6 Å². The van der Waals surface area contributed by atoms with E-state index >= 15 is 0 Å². The average molecular weight is 439 g/mol. The minimum Gasteiger partial charge on any atom is -0.321 e. The van der Waals surface area contributed by atoms with E-state index in [1.807, 2.05) is 32.0 Å². The number of amides is 1. The Morgan fingerprint density at radius 1 is 1.03 bits per heavy atom. The lowest BCUT2D eigenvalue weighted by Crippen LogP contribution is -2.15. The fraction of sp³-hybridized carbons (Fsp3) is 0.136. The van der Waals surface area contributed by atoms with Crippen LogP contribution in [0.25, 0.3) is 0 Å². The number of hydrogen-bond acceptors (Lipinski definition) is 5. The van der Waals surface area contributed by atoms with E-state index in [0.29, 0.717) is 5.56 Å². The molecule has 0 fully saturated rings. The van der Waals surface area contributed by atoms with Crippen molar-refractivity contribution in [3.8, 4) is 0 Å². The average Bonchev–Trinajstić information content (AvgIpc) is 2.75. The van der Waals surface area contributed by atoms with Gasteiger partial charge in [0.25, 0.3) is 21.6 Å². The number of para-hydroxylation sites is 1. The lowest BCUT2D eigenvalue weighted by atomic mass is 10.1. The number of nitrogens with zero attached hydrogens (tertiary/aromatic N) is 1. The third-order valence-electron chi connectivity index (χ3n) is 4.72. The van der Waals surface area contributed by atoms with Crippen molar-refractivity contribution in [2.24, 2.45) is 0 Å². The molecule has 0 atom stereocenters. The summed E-state index contributed by atoms with van der Waals surface area (Å²) in [4.78, 5) is 22.6. The lowest BCUT2D eigenvalue weighted by molar-refractivity contribution is -0.385. The highest BCUT2D eigenvalue weighted by Crippen LogP contribution is 2.23. The number of nitrogens with one attached hydrogen (secondary N) is 2. The summed E-state index contributed by atoms with van der Waals surface area (Å²) in [5, 5.41) is 13.8. The quantitative estimate of drug-likeness (QED) is 0.414.